The molecule has 0 radical (unpaired) electrons. The molecule has 0 aliphatic heterocycles. The van der Waals surface area contributed by atoms with Crippen molar-refractivity contribution >= 4 is 16.9 Å². The summed E-state index contributed by atoms with van der Waals surface area (Å²) in [5.41, 5.74) is 3.13. The molecule has 0 saturated heterocycles. The molecule has 0 N–H and O–H groups in total. The van der Waals surface area contributed by atoms with Gasteiger partial charge in [-0.3, -0.25) is 0 Å². The van der Waals surface area contributed by atoms with Gasteiger partial charge in [-0.1, -0.05) is 48.0 Å². The maximum absolute atomic E-state index is 12.3. The fourth-order valence-corrected chi connectivity index (χ4v) is 2.92. The van der Waals surface area contributed by atoms with Crippen LogP contribution in [-0.4, -0.2) is 5.97 Å². The minimum absolute atomic E-state index is 0.321. The van der Waals surface area contributed by atoms with E-state index in [1.54, 1.807) is 30.3 Å². The Labute approximate surface area is 155 Å². The minimum atomic E-state index is -0.462. The molecule has 4 nitrogen and oxygen atoms in total. The fraction of sp³-hybridized carbons (Fsp3) is 0.0435. The zero-order chi connectivity index (χ0) is 18.8. The third kappa shape index (κ3) is 3.51. The number of hydrogen-bond donors (Lipinski definition) is 0. The predicted molar refractivity (Wildman–Crippen MR) is 104 cm³/mol. The molecule has 0 atom stereocenters. The monoisotopic (exact) mass is 356 g/mol. The molecule has 0 amide bonds. The molecule has 1 heterocycles. The Morgan fingerprint density at radius 2 is 1.63 bits per heavy atom. The lowest BCUT2D eigenvalue weighted by Gasteiger charge is -2.08. The van der Waals surface area contributed by atoms with Crippen LogP contribution < -0.4 is 10.4 Å². The molecule has 4 heteroatoms. The van der Waals surface area contributed by atoms with Crippen molar-refractivity contribution in [2.45, 2.75) is 6.92 Å². The summed E-state index contributed by atoms with van der Waals surface area (Å²) >= 11 is 0. The van der Waals surface area contributed by atoms with Crippen molar-refractivity contribution in [1.29, 1.82) is 0 Å². The van der Waals surface area contributed by atoms with Gasteiger partial charge in [-0.05, 0) is 42.3 Å². The largest absolute Gasteiger partial charge is 0.423 e. The fourth-order valence-electron chi connectivity index (χ4n) is 2.92. The van der Waals surface area contributed by atoms with Crippen molar-refractivity contribution < 1.29 is 13.9 Å². The summed E-state index contributed by atoms with van der Waals surface area (Å²) in [5.74, 6) is -0.141. The smallest absolute Gasteiger partial charge is 0.343 e. The van der Waals surface area contributed by atoms with Crippen LogP contribution >= 0.6 is 0 Å². The summed E-state index contributed by atoms with van der Waals surface area (Å²) in [6, 6.07) is 23.2. The van der Waals surface area contributed by atoms with Gasteiger partial charge >= 0.3 is 11.6 Å². The second-order valence-electron chi connectivity index (χ2n) is 6.26. The van der Waals surface area contributed by atoms with E-state index in [0.717, 1.165) is 22.1 Å². The highest BCUT2D eigenvalue weighted by atomic mass is 16.5. The minimum Gasteiger partial charge on any atom is -0.423 e. The highest BCUT2D eigenvalue weighted by molar-refractivity contribution is 5.95. The lowest BCUT2D eigenvalue weighted by atomic mass is 10.0. The Bertz CT molecular complexity index is 1170. The maximum atomic E-state index is 12.3. The molecule has 0 aliphatic carbocycles. The van der Waals surface area contributed by atoms with Crippen LogP contribution in [0.4, 0.5) is 0 Å². The number of carbonyl (C=O) groups is 1. The van der Waals surface area contributed by atoms with Gasteiger partial charge in [-0.2, -0.15) is 0 Å². The van der Waals surface area contributed by atoms with Crippen LogP contribution in [0.15, 0.2) is 88.1 Å². The first-order chi connectivity index (χ1) is 13.1. The lowest BCUT2D eigenvalue weighted by Crippen LogP contribution is -2.08. The molecule has 0 saturated carbocycles. The van der Waals surface area contributed by atoms with Crippen molar-refractivity contribution in [3.63, 3.8) is 0 Å². The highest BCUT2D eigenvalue weighted by Gasteiger charge is 2.12. The van der Waals surface area contributed by atoms with E-state index in [1.165, 1.54) is 6.07 Å². The van der Waals surface area contributed by atoms with Crippen LogP contribution in [0.2, 0.25) is 0 Å². The normalized spacial score (nSPS) is 10.7. The number of aryl methyl sites for hydroxylation is 1. The number of benzene rings is 3. The van der Waals surface area contributed by atoms with Gasteiger partial charge in [-0.25, -0.2) is 9.59 Å². The first-order valence-corrected chi connectivity index (χ1v) is 8.52. The molecule has 4 aromatic rings. The van der Waals surface area contributed by atoms with Crippen molar-refractivity contribution in [2.24, 2.45) is 0 Å². The van der Waals surface area contributed by atoms with E-state index in [-0.39, 0.29) is 0 Å². The summed E-state index contributed by atoms with van der Waals surface area (Å²) in [5, 5.41) is 0.774. The predicted octanol–water partition coefficient (Wildman–Crippen LogP) is 4.99. The topological polar surface area (TPSA) is 56.5 Å². The number of ether oxygens (including phenoxy) is 1. The Morgan fingerprint density at radius 3 is 2.37 bits per heavy atom. The maximum Gasteiger partial charge on any atom is 0.343 e. The zero-order valence-corrected chi connectivity index (χ0v) is 14.6. The Hall–Kier alpha value is -3.66. The average molecular weight is 356 g/mol. The quantitative estimate of drug-likeness (QED) is 0.295. The van der Waals surface area contributed by atoms with Gasteiger partial charge < -0.3 is 9.15 Å². The van der Waals surface area contributed by atoms with Gasteiger partial charge in [0.15, 0.2) is 0 Å². The van der Waals surface area contributed by atoms with Crippen molar-refractivity contribution in [3.05, 3.63) is 100 Å². The SMILES string of the molecule is Cc1ccc(C(=O)Oc2ccc3c(-c4ccccc4)cc(=O)oc3c2)cc1. The summed E-state index contributed by atoms with van der Waals surface area (Å²) in [4.78, 5) is 24.3. The zero-order valence-electron chi connectivity index (χ0n) is 14.6. The van der Waals surface area contributed by atoms with E-state index in [4.69, 9.17) is 9.15 Å². The Balaban J connectivity index is 1.71. The number of rotatable bonds is 3. The standard InChI is InChI=1S/C23H16O4/c1-15-7-9-17(10-8-15)23(25)26-18-11-12-19-20(16-5-3-2-4-6-16)14-22(24)27-21(19)13-18/h2-14H,1H3. The highest BCUT2D eigenvalue weighted by Crippen LogP contribution is 2.29. The van der Waals surface area contributed by atoms with Crippen LogP contribution in [0.5, 0.6) is 5.75 Å². The molecular weight excluding hydrogens is 340 g/mol. The first-order valence-electron chi connectivity index (χ1n) is 8.52. The van der Waals surface area contributed by atoms with Gasteiger partial charge in [0.1, 0.15) is 11.3 Å². The molecule has 3 aromatic carbocycles. The van der Waals surface area contributed by atoms with Crippen LogP contribution in [0.25, 0.3) is 22.1 Å². The third-order valence-corrected chi connectivity index (χ3v) is 4.30. The Morgan fingerprint density at radius 1 is 0.889 bits per heavy atom. The second kappa shape index (κ2) is 6.92. The number of fused-ring (bicyclic) bond motifs is 1. The summed E-state index contributed by atoms with van der Waals surface area (Å²) in [7, 11) is 0. The van der Waals surface area contributed by atoms with Crippen LogP contribution in [0.3, 0.4) is 0 Å². The summed E-state index contributed by atoms with van der Waals surface area (Å²) in [6.45, 7) is 1.95. The van der Waals surface area contributed by atoms with Crippen LogP contribution in [0, 0.1) is 6.92 Å². The molecule has 27 heavy (non-hydrogen) atoms. The van der Waals surface area contributed by atoms with E-state index >= 15 is 0 Å². The van der Waals surface area contributed by atoms with Gasteiger partial charge in [0.2, 0.25) is 0 Å². The molecule has 132 valence electrons. The first kappa shape index (κ1) is 16.8. The third-order valence-electron chi connectivity index (χ3n) is 4.30. The van der Waals surface area contributed by atoms with E-state index in [1.807, 2.05) is 49.4 Å². The molecule has 0 unspecified atom stereocenters. The van der Waals surface area contributed by atoms with E-state index < -0.39 is 11.6 Å². The molecule has 4 rings (SSSR count). The van der Waals surface area contributed by atoms with Crippen LogP contribution in [-0.2, 0) is 0 Å². The Kier molecular flexibility index (Phi) is 4.30. The lowest BCUT2D eigenvalue weighted by molar-refractivity contribution is 0.0735. The van der Waals surface area contributed by atoms with Gasteiger partial charge in [0.25, 0.3) is 0 Å². The molecule has 0 fully saturated rings. The molecule has 0 spiro atoms. The summed E-state index contributed by atoms with van der Waals surface area (Å²) in [6.07, 6.45) is 0. The van der Waals surface area contributed by atoms with E-state index in [0.29, 0.717) is 16.9 Å². The number of hydrogen-bond acceptors (Lipinski definition) is 4. The van der Waals surface area contributed by atoms with Gasteiger partial charge in [0, 0.05) is 17.5 Å². The summed E-state index contributed by atoms with van der Waals surface area (Å²) < 4.78 is 10.8. The van der Waals surface area contributed by atoms with Crippen LogP contribution in [0.1, 0.15) is 15.9 Å². The molecular formula is C23H16O4. The number of esters is 1. The molecule has 1 aromatic heterocycles. The second-order valence-corrected chi connectivity index (χ2v) is 6.26. The average Bonchev–Trinajstić information content (AvgIpc) is 2.68. The van der Waals surface area contributed by atoms with Gasteiger partial charge in [0.05, 0.1) is 5.56 Å². The number of carbonyl (C=O) groups excluding carboxylic acids is 1. The molecule has 0 bridgehead atoms. The van der Waals surface area contributed by atoms with E-state index in [2.05, 4.69) is 0 Å². The van der Waals surface area contributed by atoms with Gasteiger partial charge in [-0.15, -0.1) is 0 Å². The van der Waals surface area contributed by atoms with E-state index in [9.17, 15) is 9.59 Å². The van der Waals surface area contributed by atoms with Crippen molar-refractivity contribution in [3.8, 4) is 16.9 Å². The van der Waals surface area contributed by atoms with Crippen molar-refractivity contribution in [1.82, 2.24) is 0 Å². The molecule has 0 aliphatic rings. The van der Waals surface area contributed by atoms with Crippen molar-refractivity contribution in [2.75, 3.05) is 0 Å².